The molecule has 168 valence electrons. The van der Waals surface area contributed by atoms with Gasteiger partial charge in [0, 0.05) is 5.02 Å². The maximum Gasteiger partial charge on any atom is 0.258 e. The van der Waals surface area contributed by atoms with E-state index in [1.54, 1.807) is 48.5 Å². The minimum absolute atomic E-state index is 0.133. The first-order chi connectivity index (χ1) is 15.2. The van der Waals surface area contributed by atoms with Crippen LogP contribution in [0.3, 0.4) is 0 Å². The summed E-state index contributed by atoms with van der Waals surface area (Å²) < 4.78 is 31.5. The molecule has 0 radical (unpaired) electrons. The SMILES string of the molecule is CC(NC(=O)COc1ccc(N(Cc2ccc(Cl)cc2)S(C)(=O)=O)cc1)c1ccccc1. The molecule has 0 saturated heterocycles. The first-order valence-electron chi connectivity index (χ1n) is 10.0. The van der Waals surface area contributed by atoms with Crippen LogP contribution in [-0.2, 0) is 21.4 Å². The quantitative estimate of drug-likeness (QED) is 0.495. The van der Waals surface area contributed by atoms with E-state index in [2.05, 4.69) is 5.32 Å². The molecule has 1 N–H and O–H groups in total. The maximum absolute atomic E-state index is 12.3. The third-order valence-corrected chi connectivity index (χ3v) is 6.20. The molecule has 6 nitrogen and oxygen atoms in total. The zero-order valence-corrected chi connectivity index (χ0v) is 19.4. The lowest BCUT2D eigenvalue weighted by molar-refractivity contribution is -0.123. The number of amides is 1. The van der Waals surface area contributed by atoms with E-state index in [9.17, 15) is 13.2 Å². The lowest BCUT2D eigenvalue weighted by Crippen LogP contribution is -2.31. The minimum atomic E-state index is -3.51. The van der Waals surface area contributed by atoms with Crippen molar-refractivity contribution in [3.05, 3.63) is 95.0 Å². The Kier molecular flexibility index (Phi) is 7.77. The number of nitrogens with one attached hydrogen (secondary N) is 1. The van der Waals surface area contributed by atoms with E-state index in [-0.39, 0.29) is 25.1 Å². The van der Waals surface area contributed by atoms with Gasteiger partial charge in [-0.15, -0.1) is 0 Å². The second kappa shape index (κ2) is 10.5. The van der Waals surface area contributed by atoms with E-state index in [0.29, 0.717) is 16.5 Å². The number of carbonyl (C=O) groups is 1. The van der Waals surface area contributed by atoms with Crippen LogP contribution in [0.5, 0.6) is 5.75 Å². The van der Waals surface area contributed by atoms with E-state index in [1.165, 1.54) is 4.31 Å². The van der Waals surface area contributed by atoms with Gasteiger partial charge < -0.3 is 10.1 Å². The molecule has 3 aromatic rings. The normalized spacial score (nSPS) is 12.1. The fourth-order valence-electron chi connectivity index (χ4n) is 3.12. The lowest BCUT2D eigenvalue weighted by atomic mass is 10.1. The Hall–Kier alpha value is -3.03. The summed E-state index contributed by atoms with van der Waals surface area (Å²) in [5.41, 5.74) is 2.31. The molecule has 0 bridgehead atoms. The molecular formula is C24H25ClN2O4S. The highest BCUT2D eigenvalue weighted by atomic mass is 35.5. The predicted octanol–water partition coefficient (Wildman–Crippen LogP) is 4.56. The van der Waals surface area contributed by atoms with Gasteiger partial charge in [0.1, 0.15) is 5.75 Å². The molecule has 0 saturated carbocycles. The summed E-state index contributed by atoms with van der Waals surface area (Å²) >= 11 is 5.91. The molecule has 3 rings (SSSR count). The first-order valence-corrected chi connectivity index (χ1v) is 12.2. The predicted molar refractivity (Wildman–Crippen MR) is 127 cm³/mol. The number of ether oxygens (including phenoxy) is 1. The number of anilines is 1. The number of hydrogen-bond acceptors (Lipinski definition) is 4. The maximum atomic E-state index is 12.3. The van der Waals surface area contributed by atoms with E-state index < -0.39 is 10.0 Å². The van der Waals surface area contributed by atoms with Crippen molar-refractivity contribution >= 4 is 33.2 Å². The smallest absolute Gasteiger partial charge is 0.258 e. The number of halogens is 1. The Morgan fingerprint density at radius 3 is 2.22 bits per heavy atom. The molecule has 0 aliphatic rings. The second-order valence-corrected chi connectivity index (χ2v) is 9.72. The molecule has 1 amide bonds. The highest BCUT2D eigenvalue weighted by Crippen LogP contribution is 2.24. The van der Waals surface area contributed by atoms with Crippen LogP contribution in [0.1, 0.15) is 24.1 Å². The average molecular weight is 473 g/mol. The topological polar surface area (TPSA) is 75.7 Å². The number of hydrogen-bond donors (Lipinski definition) is 1. The zero-order chi connectivity index (χ0) is 23.1. The summed E-state index contributed by atoms with van der Waals surface area (Å²) in [6.07, 6.45) is 1.16. The first kappa shape index (κ1) is 23.6. The number of rotatable bonds is 9. The molecule has 1 atom stereocenters. The van der Waals surface area contributed by atoms with Crippen LogP contribution in [0.4, 0.5) is 5.69 Å². The van der Waals surface area contributed by atoms with Crippen molar-refractivity contribution < 1.29 is 17.9 Å². The van der Waals surface area contributed by atoms with Gasteiger partial charge in [0.15, 0.2) is 6.61 Å². The Morgan fingerprint density at radius 1 is 1.00 bits per heavy atom. The molecule has 0 heterocycles. The van der Waals surface area contributed by atoms with Crippen LogP contribution < -0.4 is 14.4 Å². The molecule has 32 heavy (non-hydrogen) atoms. The summed E-state index contributed by atoms with van der Waals surface area (Å²) in [4.78, 5) is 12.2. The third kappa shape index (κ3) is 6.73. The van der Waals surface area contributed by atoms with E-state index in [1.807, 2.05) is 37.3 Å². The van der Waals surface area contributed by atoms with Crippen molar-refractivity contribution in [2.45, 2.75) is 19.5 Å². The Balaban J connectivity index is 1.61. The van der Waals surface area contributed by atoms with Gasteiger partial charge in [0.05, 0.1) is 24.5 Å². The molecule has 0 spiro atoms. The fraction of sp³-hybridized carbons (Fsp3) is 0.208. The average Bonchev–Trinajstić information content (AvgIpc) is 2.77. The number of carbonyl (C=O) groups excluding carboxylic acids is 1. The Bertz CT molecular complexity index is 1130. The molecular weight excluding hydrogens is 448 g/mol. The van der Waals surface area contributed by atoms with Crippen LogP contribution in [0.25, 0.3) is 0 Å². The molecule has 8 heteroatoms. The van der Waals surface area contributed by atoms with Gasteiger partial charge in [-0.2, -0.15) is 0 Å². The third-order valence-electron chi connectivity index (χ3n) is 4.81. The van der Waals surface area contributed by atoms with Gasteiger partial charge in [-0.3, -0.25) is 9.10 Å². The monoisotopic (exact) mass is 472 g/mol. The number of benzene rings is 3. The van der Waals surface area contributed by atoms with E-state index >= 15 is 0 Å². The Morgan fingerprint density at radius 2 is 1.62 bits per heavy atom. The highest BCUT2D eigenvalue weighted by molar-refractivity contribution is 7.92. The Labute approximate surface area is 193 Å². The summed E-state index contributed by atoms with van der Waals surface area (Å²) in [5, 5.41) is 3.47. The molecule has 0 aromatic heterocycles. The van der Waals surface area contributed by atoms with Crippen LogP contribution in [0, 0.1) is 0 Å². The molecule has 0 fully saturated rings. The summed E-state index contributed by atoms with van der Waals surface area (Å²) in [6, 6.07) is 23.1. The summed E-state index contributed by atoms with van der Waals surface area (Å²) in [5.74, 6) is 0.224. The lowest BCUT2D eigenvalue weighted by Gasteiger charge is -2.23. The summed E-state index contributed by atoms with van der Waals surface area (Å²) in [7, 11) is -3.51. The van der Waals surface area contributed by atoms with Gasteiger partial charge in [-0.25, -0.2) is 8.42 Å². The molecule has 3 aromatic carbocycles. The largest absolute Gasteiger partial charge is 0.484 e. The highest BCUT2D eigenvalue weighted by Gasteiger charge is 2.18. The molecule has 1 unspecified atom stereocenters. The number of sulfonamides is 1. The van der Waals surface area contributed by atoms with Gasteiger partial charge in [-0.1, -0.05) is 54.1 Å². The summed E-state index contributed by atoms with van der Waals surface area (Å²) in [6.45, 7) is 1.94. The van der Waals surface area contributed by atoms with Gasteiger partial charge in [0.2, 0.25) is 10.0 Å². The van der Waals surface area contributed by atoms with E-state index in [4.69, 9.17) is 16.3 Å². The van der Waals surface area contributed by atoms with Crippen molar-refractivity contribution in [1.29, 1.82) is 0 Å². The van der Waals surface area contributed by atoms with E-state index in [0.717, 1.165) is 17.4 Å². The zero-order valence-electron chi connectivity index (χ0n) is 17.9. The minimum Gasteiger partial charge on any atom is -0.484 e. The van der Waals surface area contributed by atoms with Crippen LogP contribution in [0.15, 0.2) is 78.9 Å². The van der Waals surface area contributed by atoms with Crippen molar-refractivity contribution in [3.8, 4) is 5.75 Å². The van der Waals surface area contributed by atoms with Gasteiger partial charge in [-0.05, 0) is 54.4 Å². The number of nitrogens with zero attached hydrogens (tertiary/aromatic N) is 1. The van der Waals surface area contributed by atoms with Crippen molar-refractivity contribution in [1.82, 2.24) is 5.32 Å². The van der Waals surface area contributed by atoms with Crippen molar-refractivity contribution in [2.75, 3.05) is 17.2 Å². The van der Waals surface area contributed by atoms with Crippen molar-refractivity contribution in [2.24, 2.45) is 0 Å². The fourth-order valence-corrected chi connectivity index (χ4v) is 4.14. The van der Waals surface area contributed by atoms with Crippen LogP contribution in [-0.4, -0.2) is 27.2 Å². The van der Waals surface area contributed by atoms with Gasteiger partial charge in [0.25, 0.3) is 5.91 Å². The van der Waals surface area contributed by atoms with Gasteiger partial charge >= 0.3 is 0 Å². The second-order valence-electron chi connectivity index (χ2n) is 7.38. The van der Waals surface area contributed by atoms with Crippen LogP contribution >= 0.6 is 11.6 Å². The van der Waals surface area contributed by atoms with Crippen molar-refractivity contribution in [3.63, 3.8) is 0 Å². The molecule has 0 aliphatic heterocycles. The van der Waals surface area contributed by atoms with Crippen LogP contribution in [0.2, 0.25) is 5.02 Å². The molecule has 0 aliphatic carbocycles. The standard InChI is InChI=1S/C24H25ClN2O4S/c1-18(20-6-4-3-5-7-20)26-24(28)17-31-23-14-12-22(13-15-23)27(32(2,29)30)16-19-8-10-21(25)11-9-19/h3-15,18H,16-17H2,1-2H3,(H,26,28).